The van der Waals surface area contributed by atoms with Gasteiger partial charge in [0.15, 0.2) is 0 Å². The third-order valence-electron chi connectivity index (χ3n) is 6.44. The SMILES string of the molecule is C=CN(/N=C\C)c1ccc(Cc2ccc(-c3cc4nc(O[C@@H]5CO[C@H](CN=O)C5)[nH]c4cc3Cl)cc2)cc1. The van der Waals surface area contributed by atoms with Gasteiger partial charge in [-0.25, -0.2) is 5.01 Å². The number of nitrogens with one attached hydrogen (secondary N) is 1. The van der Waals surface area contributed by atoms with Crippen molar-refractivity contribution >= 4 is 34.5 Å². The Morgan fingerprint density at radius 2 is 1.92 bits per heavy atom. The predicted octanol–water partition coefficient (Wildman–Crippen LogP) is 6.73. The fraction of sp³-hybridized carbons (Fsp3) is 0.241. The van der Waals surface area contributed by atoms with Crippen molar-refractivity contribution in [3.8, 4) is 17.1 Å². The van der Waals surface area contributed by atoms with E-state index in [-0.39, 0.29) is 18.8 Å². The lowest BCUT2D eigenvalue weighted by atomic mass is 10.00. The summed E-state index contributed by atoms with van der Waals surface area (Å²) in [5, 5.41) is 9.54. The number of anilines is 1. The molecule has 3 aromatic carbocycles. The van der Waals surface area contributed by atoms with Crippen LogP contribution in [-0.2, 0) is 11.2 Å². The average Bonchev–Trinajstić information content (AvgIpc) is 3.54. The molecular formula is C29H28ClN5O3. The summed E-state index contributed by atoms with van der Waals surface area (Å²) in [7, 11) is 0. The summed E-state index contributed by atoms with van der Waals surface area (Å²) in [4.78, 5) is 18.2. The van der Waals surface area contributed by atoms with Gasteiger partial charge in [0.2, 0.25) is 0 Å². The second-order valence-corrected chi connectivity index (χ2v) is 9.48. The molecule has 9 heteroatoms. The minimum Gasteiger partial charge on any atom is -0.459 e. The minimum absolute atomic E-state index is 0.132. The number of rotatable bonds is 10. The van der Waals surface area contributed by atoms with Gasteiger partial charge in [-0.05, 0) is 54.3 Å². The van der Waals surface area contributed by atoms with Gasteiger partial charge in [0.05, 0.1) is 34.5 Å². The Morgan fingerprint density at radius 3 is 2.61 bits per heavy atom. The van der Waals surface area contributed by atoms with Crippen LogP contribution in [0.4, 0.5) is 5.69 Å². The van der Waals surface area contributed by atoms with E-state index >= 15 is 0 Å². The fourth-order valence-electron chi connectivity index (χ4n) is 4.56. The molecule has 1 aliphatic heterocycles. The monoisotopic (exact) mass is 529 g/mol. The van der Waals surface area contributed by atoms with Gasteiger partial charge in [-0.15, -0.1) is 0 Å². The molecule has 0 amide bonds. The fourth-order valence-corrected chi connectivity index (χ4v) is 4.83. The third-order valence-corrected chi connectivity index (χ3v) is 6.75. The van der Waals surface area contributed by atoms with Gasteiger partial charge >= 0.3 is 0 Å². The average molecular weight is 530 g/mol. The Morgan fingerprint density at radius 1 is 1.18 bits per heavy atom. The molecule has 0 aliphatic carbocycles. The van der Waals surface area contributed by atoms with E-state index in [1.807, 2.05) is 31.2 Å². The molecule has 0 spiro atoms. The van der Waals surface area contributed by atoms with E-state index in [0.717, 1.165) is 34.3 Å². The third kappa shape index (κ3) is 5.77. The highest BCUT2D eigenvalue weighted by Crippen LogP contribution is 2.33. The van der Waals surface area contributed by atoms with Crippen LogP contribution in [0.15, 0.2) is 83.7 Å². The first-order chi connectivity index (χ1) is 18.6. The second-order valence-electron chi connectivity index (χ2n) is 9.07. The van der Waals surface area contributed by atoms with Crippen molar-refractivity contribution in [3.05, 3.63) is 94.5 Å². The topological polar surface area (TPSA) is 92.2 Å². The zero-order valence-corrected chi connectivity index (χ0v) is 21.8. The molecule has 38 heavy (non-hydrogen) atoms. The van der Waals surface area contributed by atoms with Gasteiger partial charge < -0.3 is 14.5 Å². The number of nitrogens with zero attached hydrogens (tertiary/aromatic N) is 4. The Labute approximate surface area is 225 Å². The number of imidazole rings is 1. The number of nitroso groups, excluding NO2 is 1. The molecule has 2 atom stereocenters. The summed E-state index contributed by atoms with van der Waals surface area (Å²) in [5.41, 5.74) is 6.82. The van der Waals surface area contributed by atoms with Crippen LogP contribution in [0.5, 0.6) is 6.01 Å². The summed E-state index contributed by atoms with van der Waals surface area (Å²) in [6, 6.07) is 20.9. The molecule has 0 saturated carbocycles. The molecule has 1 aliphatic rings. The number of hydrogen-bond acceptors (Lipinski definition) is 7. The van der Waals surface area contributed by atoms with Gasteiger partial charge in [-0.2, -0.15) is 15.0 Å². The Balaban J connectivity index is 1.28. The summed E-state index contributed by atoms with van der Waals surface area (Å²) < 4.78 is 11.5. The van der Waals surface area contributed by atoms with Crippen molar-refractivity contribution in [1.82, 2.24) is 9.97 Å². The van der Waals surface area contributed by atoms with Crippen LogP contribution in [0.2, 0.25) is 5.02 Å². The predicted molar refractivity (Wildman–Crippen MR) is 152 cm³/mol. The molecule has 1 saturated heterocycles. The van der Waals surface area contributed by atoms with E-state index in [2.05, 4.69) is 63.2 Å². The first-order valence-corrected chi connectivity index (χ1v) is 12.8. The van der Waals surface area contributed by atoms with Gasteiger partial charge in [0.25, 0.3) is 6.01 Å². The van der Waals surface area contributed by atoms with Gasteiger partial charge in [-0.3, -0.25) is 0 Å². The van der Waals surface area contributed by atoms with Crippen LogP contribution in [-0.4, -0.2) is 41.5 Å². The summed E-state index contributed by atoms with van der Waals surface area (Å²) in [6.45, 7) is 6.22. The molecule has 1 fully saturated rings. The molecule has 194 valence electrons. The maximum absolute atomic E-state index is 10.5. The normalized spacial score (nSPS) is 17.2. The molecule has 0 radical (unpaired) electrons. The number of hydrogen-bond donors (Lipinski definition) is 1. The first kappa shape index (κ1) is 25.6. The van der Waals surface area contributed by atoms with Crippen LogP contribution >= 0.6 is 11.6 Å². The molecule has 5 rings (SSSR count). The molecule has 2 heterocycles. The van der Waals surface area contributed by atoms with Gasteiger partial charge in [0, 0.05) is 24.4 Å². The zero-order valence-electron chi connectivity index (χ0n) is 21.0. The van der Waals surface area contributed by atoms with Gasteiger partial charge in [0.1, 0.15) is 12.6 Å². The maximum atomic E-state index is 10.5. The lowest BCUT2D eigenvalue weighted by molar-refractivity contribution is 0.0966. The largest absolute Gasteiger partial charge is 0.459 e. The highest BCUT2D eigenvalue weighted by Gasteiger charge is 2.28. The van der Waals surface area contributed by atoms with Crippen molar-refractivity contribution in [3.63, 3.8) is 0 Å². The lowest BCUT2D eigenvalue weighted by Crippen LogP contribution is -2.17. The molecule has 0 unspecified atom stereocenters. The Kier molecular flexibility index (Phi) is 7.81. The van der Waals surface area contributed by atoms with E-state index in [0.29, 0.717) is 24.1 Å². The molecule has 8 nitrogen and oxygen atoms in total. The van der Waals surface area contributed by atoms with Crippen molar-refractivity contribution in [2.45, 2.75) is 32.0 Å². The zero-order chi connectivity index (χ0) is 26.5. The highest BCUT2D eigenvalue weighted by atomic mass is 35.5. The van der Waals surface area contributed by atoms with Gasteiger partial charge in [-0.1, -0.05) is 59.8 Å². The molecule has 4 aromatic rings. The summed E-state index contributed by atoms with van der Waals surface area (Å²) >= 11 is 6.65. The number of benzene rings is 3. The van der Waals surface area contributed by atoms with Crippen LogP contribution in [0, 0.1) is 4.91 Å². The Hall–Kier alpha value is -4.01. The second kappa shape index (κ2) is 11.6. The van der Waals surface area contributed by atoms with E-state index in [9.17, 15) is 4.91 Å². The van der Waals surface area contributed by atoms with Crippen LogP contribution in [0.1, 0.15) is 24.5 Å². The smallest absolute Gasteiger partial charge is 0.294 e. The molecule has 1 aromatic heterocycles. The van der Waals surface area contributed by atoms with E-state index in [4.69, 9.17) is 21.1 Å². The highest BCUT2D eigenvalue weighted by molar-refractivity contribution is 6.34. The maximum Gasteiger partial charge on any atom is 0.294 e. The van der Waals surface area contributed by atoms with Crippen molar-refractivity contribution in [1.29, 1.82) is 0 Å². The van der Waals surface area contributed by atoms with E-state index in [1.54, 1.807) is 17.4 Å². The Bertz CT molecular complexity index is 1450. The minimum atomic E-state index is -0.201. The number of ether oxygens (including phenoxy) is 2. The standard InChI is InChI=1S/C29H28ClN5O3/c1-3-31-35(4-2)22-11-7-20(8-12-22)13-19-5-9-21(10-6-19)25-15-27-28(16-26(25)30)34-29(33-27)38-24-14-23(17-32-36)37-18-24/h3-12,15-16,23-24H,2,13-14,17-18H2,1H3,(H,33,34)/b31-3-/t23-,24-/m0/s1. The van der Waals surface area contributed by atoms with Crippen LogP contribution in [0.25, 0.3) is 22.2 Å². The van der Waals surface area contributed by atoms with Crippen molar-refractivity contribution in [2.75, 3.05) is 18.2 Å². The number of halogens is 1. The van der Waals surface area contributed by atoms with Crippen molar-refractivity contribution < 1.29 is 9.47 Å². The van der Waals surface area contributed by atoms with E-state index < -0.39 is 0 Å². The molecule has 0 bridgehead atoms. The quantitative estimate of drug-likeness (QED) is 0.140. The summed E-state index contributed by atoms with van der Waals surface area (Å²) in [6.07, 6.45) is 4.46. The number of hydrazone groups is 1. The number of fused-ring (bicyclic) bond motifs is 1. The number of aromatic nitrogens is 2. The number of H-pyrrole nitrogens is 1. The lowest BCUT2D eigenvalue weighted by Gasteiger charge is -2.14. The van der Waals surface area contributed by atoms with E-state index in [1.165, 1.54) is 11.1 Å². The first-order valence-electron chi connectivity index (χ1n) is 12.4. The van der Waals surface area contributed by atoms with Crippen LogP contribution < -0.4 is 9.75 Å². The van der Waals surface area contributed by atoms with Crippen molar-refractivity contribution in [2.24, 2.45) is 10.3 Å². The number of aromatic amines is 1. The molecular weight excluding hydrogens is 502 g/mol. The van der Waals surface area contributed by atoms with Crippen LogP contribution in [0.3, 0.4) is 0 Å². The summed E-state index contributed by atoms with van der Waals surface area (Å²) in [5.74, 6) is 0. The molecule has 1 N–H and O–H groups in total.